The number of ether oxygens (including phenoxy) is 1. The molecule has 1 amide bonds. The van der Waals surface area contributed by atoms with Crippen molar-refractivity contribution in [2.24, 2.45) is 0 Å². The molecule has 0 saturated heterocycles. The minimum atomic E-state index is -0.673. The Morgan fingerprint density at radius 2 is 2.28 bits per heavy atom. The number of non-ortho nitro benzene ring substituents is 1. The van der Waals surface area contributed by atoms with Gasteiger partial charge in [0.25, 0.3) is 5.69 Å². The van der Waals surface area contributed by atoms with Crippen molar-refractivity contribution in [1.29, 1.82) is 0 Å². The Labute approximate surface area is 102 Å². The maximum atomic E-state index is 11.5. The van der Waals surface area contributed by atoms with Crippen molar-refractivity contribution >= 4 is 17.6 Å². The molecule has 7 nitrogen and oxygen atoms in total. The zero-order chi connectivity index (χ0) is 13.3. The molecule has 1 heterocycles. The highest BCUT2D eigenvalue weighted by Crippen LogP contribution is 2.34. The van der Waals surface area contributed by atoms with Crippen LogP contribution in [0.4, 0.5) is 5.69 Å². The normalized spacial score (nSPS) is 16.9. The van der Waals surface area contributed by atoms with Crippen LogP contribution in [0.1, 0.15) is 28.4 Å². The van der Waals surface area contributed by atoms with Crippen molar-refractivity contribution in [3.63, 3.8) is 0 Å². The van der Waals surface area contributed by atoms with Gasteiger partial charge in [-0.25, -0.2) is 4.79 Å². The second-order valence-corrected chi connectivity index (χ2v) is 3.80. The lowest BCUT2D eigenvalue weighted by atomic mass is 10.0. The number of nitro benzene ring substituents is 1. The molecule has 1 atom stereocenters. The average molecular weight is 250 g/mol. The molecule has 2 rings (SSSR count). The molecule has 0 aromatic heterocycles. The van der Waals surface area contributed by atoms with Crippen LogP contribution >= 0.6 is 0 Å². The summed E-state index contributed by atoms with van der Waals surface area (Å²) in [6.07, 6.45) is -0.666. The van der Waals surface area contributed by atoms with E-state index in [0.29, 0.717) is 5.56 Å². The highest BCUT2D eigenvalue weighted by molar-refractivity contribution is 5.95. The van der Waals surface area contributed by atoms with Crippen molar-refractivity contribution in [2.45, 2.75) is 12.5 Å². The number of fused-ring (bicyclic) bond motifs is 1. The predicted octanol–water partition coefficient (Wildman–Crippen LogP) is 0.942. The Morgan fingerprint density at radius 1 is 1.56 bits per heavy atom. The summed E-state index contributed by atoms with van der Waals surface area (Å²) in [6.45, 7) is 0. The van der Waals surface area contributed by atoms with Crippen LogP contribution < -0.4 is 5.32 Å². The number of nitro groups is 1. The van der Waals surface area contributed by atoms with Gasteiger partial charge in [-0.05, 0) is 6.07 Å². The molecule has 1 N–H and O–H groups in total. The Morgan fingerprint density at radius 3 is 2.89 bits per heavy atom. The van der Waals surface area contributed by atoms with E-state index in [0.717, 1.165) is 0 Å². The van der Waals surface area contributed by atoms with Gasteiger partial charge in [-0.3, -0.25) is 14.9 Å². The van der Waals surface area contributed by atoms with Crippen LogP contribution in [0.3, 0.4) is 0 Å². The molecule has 7 heteroatoms. The van der Waals surface area contributed by atoms with Crippen LogP contribution in [0.2, 0.25) is 0 Å². The monoisotopic (exact) mass is 250 g/mol. The number of carbonyl (C=O) groups is 2. The van der Waals surface area contributed by atoms with Crippen molar-refractivity contribution in [3.8, 4) is 0 Å². The summed E-state index contributed by atoms with van der Waals surface area (Å²) in [6, 6.07) is 3.91. The number of hydrogen-bond acceptors (Lipinski definition) is 5. The number of carbonyl (C=O) groups excluding carboxylic acids is 2. The SMILES string of the molecule is CNC(=O)CC1OC(=O)c2cc([N+](=O)[O-])ccc21. The van der Waals surface area contributed by atoms with Crippen LogP contribution in [0.25, 0.3) is 0 Å². The summed E-state index contributed by atoms with van der Waals surface area (Å²) < 4.78 is 5.02. The van der Waals surface area contributed by atoms with E-state index in [1.54, 1.807) is 0 Å². The molecular formula is C11H10N2O5. The minimum Gasteiger partial charge on any atom is -0.453 e. The molecule has 18 heavy (non-hydrogen) atoms. The van der Waals surface area contributed by atoms with Gasteiger partial charge < -0.3 is 10.1 Å². The smallest absolute Gasteiger partial charge is 0.339 e. The number of amides is 1. The highest BCUT2D eigenvalue weighted by atomic mass is 16.6. The van der Waals surface area contributed by atoms with Gasteiger partial charge in [0.05, 0.1) is 16.9 Å². The first-order valence-corrected chi connectivity index (χ1v) is 5.23. The van der Waals surface area contributed by atoms with E-state index in [1.165, 1.54) is 25.2 Å². The quantitative estimate of drug-likeness (QED) is 0.489. The van der Waals surface area contributed by atoms with E-state index in [9.17, 15) is 19.7 Å². The number of hydrogen-bond donors (Lipinski definition) is 1. The molecule has 0 radical (unpaired) electrons. The van der Waals surface area contributed by atoms with Crippen molar-refractivity contribution in [1.82, 2.24) is 5.32 Å². The van der Waals surface area contributed by atoms with Crippen molar-refractivity contribution in [3.05, 3.63) is 39.4 Å². The van der Waals surface area contributed by atoms with E-state index >= 15 is 0 Å². The molecule has 94 valence electrons. The maximum Gasteiger partial charge on any atom is 0.339 e. The first-order valence-electron chi connectivity index (χ1n) is 5.23. The van der Waals surface area contributed by atoms with Crippen LogP contribution in [0.15, 0.2) is 18.2 Å². The first kappa shape index (κ1) is 12.0. The number of esters is 1. The predicted molar refractivity (Wildman–Crippen MR) is 59.9 cm³/mol. The third-order valence-corrected chi connectivity index (χ3v) is 2.71. The summed E-state index contributed by atoms with van der Waals surface area (Å²) >= 11 is 0. The minimum absolute atomic E-state index is 0.00699. The van der Waals surface area contributed by atoms with Gasteiger partial charge in [-0.2, -0.15) is 0 Å². The van der Waals surface area contributed by atoms with Gasteiger partial charge >= 0.3 is 5.97 Å². The highest BCUT2D eigenvalue weighted by Gasteiger charge is 2.33. The van der Waals surface area contributed by atoms with Gasteiger partial charge in [-0.1, -0.05) is 0 Å². The van der Waals surface area contributed by atoms with Crippen LogP contribution in [0, 0.1) is 10.1 Å². The number of nitrogens with one attached hydrogen (secondary N) is 1. The standard InChI is InChI=1S/C11H10N2O5/c1-12-10(14)5-9-7-3-2-6(13(16)17)4-8(7)11(15)18-9/h2-4,9H,5H2,1H3,(H,12,14). The lowest BCUT2D eigenvalue weighted by molar-refractivity contribution is -0.384. The summed E-state index contributed by atoms with van der Waals surface area (Å²) in [5.74, 6) is -0.901. The molecule has 1 unspecified atom stereocenters. The van der Waals surface area contributed by atoms with Gasteiger partial charge in [0.1, 0.15) is 6.10 Å². The van der Waals surface area contributed by atoms with Gasteiger partial charge in [0, 0.05) is 24.7 Å². The second-order valence-electron chi connectivity index (χ2n) is 3.80. The second kappa shape index (κ2) is 4.44. The lowest BCUT2D eigenvalue weighted by Gasteiger charge is -2.08. The molecule has 1 aliphatic rings. The number of rotatable bonds is 3. The molecule has 0 spiro atoms. The molecule has 0 aliphatic carbocycles. The first-order chi connectivity index (χ1) is 8.52. The largest absolute Gasteiger partial charge is 0.453 e. The van der Waals surface area contributed by atoms with E-state index in [-0.39, 0.29) is 23.6 Å². The fraction of sp³-hybridized carbons (Fsp3) is 0.273. The molecular weight excluding hydrogens is 240 g/mol. The van der Waals surface area contributed by atoms with Crippen LogP contribution in [-0.4, -0.2) is 23.8 Å². The number of cyclic esters (lactones) is 1. The van der Waals surface area contributed by atoms with Crippen LogP contribution in [0.5, 0.6) is 0 Å². The van der Waals surface area contributed by atoms with E-state index in [4.69, 9.17) is 4.74 Å². The van der Waals surface area contributed by atoms with E-state index in [2.05, 4.69) is 5.32 Å². The number of nitrogens with zero attached hydrogens (tertiary/aromatic N) is 1. The lowest BCUT2D eigenvalue weighted by Crippen LogP contribution is -2.20. The van der Waals surface area contributed by atoms with Gasteiger partial charge in [-0.15, -0.1) is 0 Å². The maximum absolute atomic E-state index is 11.5. The summed E-state index contributed by atoms with van der Waals surface area (Å²) in [5, 5.41) is 13.0. The third-order valence-electron chi connectivity index (χ3n) is 2.71. The van der Waals surface area contributed by atoms with Crippen LogP contribution in [-0.2, 0) is 9.53 Å². The van der Waals surface area contributed by atoms with Gasteiger partial charge in [0.2, 0.25) is 5.91 Å². The number of benzene rings is 1. The topological polar surface area (TPSA) is 98.5 Å². The zero-order valence-electron chi connectivity index (χ0n) is 9.50. The van der Waals surface area contributed by atoms with E-state index in [1.807, 2.05) is 0 Å². The Kier molecular flexibility index (Phi) is 2.97. The molecule has 1 aromatic carbocycles. The average Bonchev–Trinajstić information content (AvgIpc) is 2.65. The summed E-state index contributed by atoms with van der Waals surface area (Å²) in [7, 11) is 1.48. The molecule has 1 aliphatic heterocycles. The Hall–Kier alpha value is -2.44. The van der Waals surface area contributed by atoms with E-state index < -0.39 is 17.0 Å². The fourth-order valence-electron chi connectivity index (χ4n) is 1.79. The Bertz CT molecular complexity index is 540. The summed E-state index contributed by atoms with van der Waals surface area (Å²) in [5.41, 5.74) is 0.485. The molecule has 1 aromatic rings. The Balaban J connectivity index is 2.33. The van der Waals surface area contributed by atoms with Gasteiger partial charge in [0.15, 0.2) is 0 Å². The third kappa shape index (κ3) is 2.02. The zero-order valence-corrected chi connectivity index (χ0v) is 9.50. The molecule has 0 fully saturated rings. The van der Waals surface area contributed by atoms with Crippen molar-refractivity contribution < 1.29 is 19.2 Å². The molecule has 0 bridgehead atoms. The molecule has 0 saturated carbocycles. The summed E-state index contributed by atoms with van der Waals surface area (Å²) in [4.78, 5) is 32.8. The van der Waals surface area contributed by atoms with Crippen molar-refractivity contribution in [2.75, 3.05) is 7.05 Å². The fourth-order valence-corrected chi connectivity index (χ4v) is 1.79.